The summed E-state index contributed by atoms with van der Waals surface area (Å²) < 4.78 is 7.19. The van der Waals surface area contributed by atoms with Crippen molar-refractivity contribution >= 4 is 11.8 Å². The van der Waals surface area contributed by atoms with Gasteiger partial charge in [0.25, 0.3) is 11.8 Å². The number of nitrogens with one attached hydrogen (secondary N) is 2. The van der Waals surface area contributed by atoms with Gasteiger partial charge in [-0.15, -0.1) is 0 Å². The van der Waals surface area contributed by atoms with Gasteiger partial charge in [0.2, 0.25) is 0 Å². The van der Waals surface area contributed by atoms with E-state index in [4.69, 9.17) is 4.74 Å². The number of aromatic nitrogens is 2. The topological polar surface area (TPSA) is 85.3 Å². The number of hydrazine groups is 1. The number of nitrogens with zero attached hydrogens (tertiary/aromatic N) is 2. The Morgan fingerprint density at radius 1 is 0.909 bits per heavy atom. The molecule has 2 amide bonds. The molecule has 3 aromatic carbocycles. The fourth-order valence-corrected chi connectivity index (χ4v) is 3.33. The average molecular weight is 441 g/mol. The lowest BCUT2D eigenvalue weighted by Crippen LogP contribution is -2.43. The Hall–Kier alpha value is -4.39. The molecule has 0 atom stereocenters. The van der Waals surface area contributed by atoms with Crippen molar-refractivity contribution < 1.29 is 14.3 Å². The van der Waals surface area contributed by atoms with Gasteiger partial charge in [-0.1, -0.05) is 72.8 Å². The number of benzene rings is 3. The Morgan fingerprint density at radius 2 is 1.64 bits per heavy atom. The highest BCUT2D eigenvalue weighted by Crippen LogP contribution is 2.22. The summed E-state index contributed by atoms with van der Waals surface area (Å²) in [7, 11) is 0. The molecule has 0 aliphatic heterocycles. The van der Waals surface area contributed by atoms with Crippen LogP contribution in [0.15, 0.2) is 91.1 Å². The van der Waals surface area contributed by atoms with E-state index in [0.29, 0.717) is 23.6 Å². The van der Waals surface area contributed by atoms with Gasteiger partial charge in [-0.05, 0) is 30.2 Å². The van der Waals surface area contributed by atoms with Crippen molar-refractivity contribution in [2.24, 2.45) is 0 Å². The van der Waals surface area contributed by atoms with Crippen molar-refractivity contribution in [1.82, 2.24) is 20.6 Å². The van der Waals surface area contributed by atoms with Crippen molar-refractivity contribution in [3.63, 3.8) is 0 Å². The summed E-state index contributed by atoms with van der Waals surface area (Å²) in [6.07, 6.45) is 1.68. The third-order valence-corrected chi connectivity index (χ3v) is 4.92. The Morgan fingerprint density at radius 3 is 2.36 bits per heavy atom. The van der Waals surface area contributed by atoms with Gasteiger partial charge in [0.05, 0.1) is 12.1 Å². The summed E-state index contributed by atoms with van der Waals surface area (Å²) in [5, 5.41) is 4.63. The zero-order valence-electron chi connectivity index (χ0n) is 18.2. The molecule has 0 saturated heterocycles. The molecule has 0 spiro atoms. The van der Waals surface area contributed by atoms with Crippen LogP contribution in [-0.2, 0) is 11.3 Å². The smallest absolute Gasteiger partial charge is 0.276 e. The van der Waals surface area contributed by atoms with Gasteiger partial charge in [0, 0.05) is 11.8 Å². The largest absolute Gasteiger partial charge is 0.484 e. The predicted octanol–water partition coefficient (Wildman–Crippen LogP) is 3.75. The molecule has 166 valence electrons. The lowest BCUT2D eigenvalue weighted by molar-refractivity contribution is -0.123. The van der Waals surface area contributed by atoms with Crippen molar-refractivity contribution in [3.8, 4) is 17.0 Å². The second-order valence-electron chi connectivity index (χ2n) is 7.55. The van der Waals surface area contributed by atoms with Gasteiger partial charge >= 0.3 is 0 Å². The van der Waals surface area contributed by atoms with Crippen molar-refractivity contribution in [3.05, 3.63) is 108 Å². The first kappa shape index (κ1) is 21.8. The number of amides is 2. The molecular weight excluding hydrogens is 416 g/mol. The molecule has 33 heavy (non-hydrogen) atoms. The second kappa shape index (κ2) is 10.3. The van der Waals surface area contributed by atoms with Gasteiger partial charge in [-0.25, -0.2) is 0 Å². The number of carbonyl (C=O) groups excluding carboxylic acids is 2. The molecule has 0 bridgehead atoms. The molecule has 2 N–H and O–H groups in total. The van der Waals surface area contributed by atoms with Crippen LogP contribution < -0.4 is 15.6 Å². The van der Waals surface area contributed by atoms with Crippen LogP contribution in [0.1, 0.15) is 21.5 Å². The first-order chi connectivity index (χ1) is 16.1. The zero-order valence-corrected chi connectivity index (χ0v) is 18.2. The van der Waals surface area contributed by atoms with Crippen molar-refractivity contribution in [2.75, 3.05) is 6.61 Å². The molecule has 4 rings (SSSR count). The fraction of sp³-hybridized carbons (Fsp3) is 0.115. The maximum atomic E-state index is 12.9. The van der Waals surface area contributed by atoms with E-state index in [2.05, 4.69) is 16.0 Å². The first-order valence-electron chi connectivity index (χ1n) is 10.5. The summed E-state index contributed by atoms with van der Waals surface area (Å²) in [5.41, 5.74) is 8.66. The second-order valence-corrected chi connectivity index (χ2v) is 7.55. The number of hydrogen-bond acceptors (Lipinski definition) is 4. The molecule has 1 aromatic heterocycles. The van der Waals surface area contributed by atoms with Gasteiger partial charge in [-0.2, -0.15) is 5.10 Å². The maximum absolute atomic E-state index is 12.9. The molecule has 0 aliphatic carbocycles. The number of rotatable bonds is 7. The van der Waals surface area contributed by atoms with Crippen LogP contribution >= 0.6 is 0 Å². The number of carbonyl (C=O) groups is 2. The standard InChI is InChI=1S/C26H24N4O3/c1-19-9-8-14-22(15-19)33-18-24(31)27-28-26(32)23-17-30(16-20-10-4-2-5-11-20)29-25(23)21-12-6-3-7-13-21/h2-15,17H,16,18H2,1H3,(H,27,31)(H,28,32). The molecule has 7 heteroatoms. The normalized spacial score (nSPS) is 10.5. The Bertz CT molecular complexity index is 1240. The molecule has 0 unspecified atom stereocenters. The van der Waals surface area contributed by atoms with Gasteiger partial charge < -0.3 is 4.74 Å². The Balaban J connectivity index is 1.44. The van der Waals surface area contributed by atoms with Crippen LogP contribution in [0.2, 0.25) is 0 Å². The van der Waals surface area contributed by atoms with E-state index in [1.807, 2.05) is 85.8 Å². The van der Waals surface area contributed by atoms with Crippen LogP contribution in [0.3, 0.4) is 0 Å². The van der Waals surface area contributed by atoms with E-state index in [1.165, 1.54) is 0 Å². The van der Waals surface area contributed by atoms with Crippen LogP contribution in [0.25, 0.3) is 11.3 Å². The lowest BCUT2D eigenvalue weighted by Gasteiger charge is -2.09. The van der Waals surface area contributed by atoms with Gasteiger partial charge in [0.1, 0.15) is 11.4 Å². The molecule has 0 fully saturated rings. The molecule has 1 heterocycles. The molecule has 4 aromatic rings. The van der Waals surface area contributed by atoms with Gasteiger partial charge in [0.15, 0.2) is 6.61 Å². The van der Waals surface area contributed by atoms with Crippen LogP contribution in [0, 0.1) is 6.92 Å². The minimum absolute atomic E-state index is 0.220. The van der Waals surface area contributed by atoms with E-state index in [9.17, 15) is 9.59 Å². The summed E-state index contributed by atoms with van der Waals surface area (Å²) in [6.45, 7) is 2.24. The van der Waals surface area contributed by atoms with Crippen molar-refractivity contribution in [2.45, 2.75) is 13.5 Å². The van der Waals surface area contributed by atoms with Crippen LogP contribution in [0.5, 0.6) is 5.75 Å². The van der Waals surface area contributed by atoms with Crippen molar-refractivity contribution in [1.29, 1.82) is 0 Å². The first-order valence-corrected chi connectivity index (χ1v) is 10.5. The molecule has 0 aliphatic rings. The quantitative estimate of drug-likeness (QED) is 0.429. The summed E-state index contributed by atoms with van der Waals surface area (Å²) in [4.78, 5) is 25.1. The van der Waals surface area contributed by atoms with E-state index in [1.54, 1.807) is 16.9 Å². The lowest BCUT2D eigenvalue weighted by atomic mass is 10.1. The Kier molecular flexibility index (Phi) is 6.80. The SMILES string of the molecule is Cc1cccc(OCC(=O)NNC(=O)c2cn(Cc3ccccc3)nc2-c2ccccc2)c1. The summed E-state index contributed by atoms with van der Waals surface area (Å²) in [5.74, 6) is -0.343. The summed E-state index contributed by atoms with van der Waals surface area (Å²) >= 11 is 0. The van der Waals surface area contributed by atoms with Crippen LogP contribution in [0.4, 0.5) is 0 Å². The average Bonchev–Trinajstić information content (AvgIpc) is 3.26. The molecular formula is C26H24N4O3. The minimum Gasteiger partial charge on any atom is -0.484 e. The molecule has 7 nitrogen and oxygen atoms in total. The van der Waals surface area contributed by atoms with E-state index >= 15 is 0 Å². The van der Waals surface area contributed by atoms with E-state index in [0.717, 1.165) is 16.7 Å². The molecule has 0 radical (unpaired) electrons. The highest BCUT2D eigenvalue weighted by molar-refractivity contribution is 6.00. The monoisotopic (exact) mass is 440 g/mol. The minimum atomic E-state index is -0.470. The van der Waals surface area contributed by atoms with E-state index in [-0.39, 0.29) is 6.61 Å². The highest BCUT2D eigenvalue weighted by Gasteiger charge is 2.19. The van der Waals surface area contributed by atoms with Crippen LogP contribution in [-0.4, -0.2) is 28.2 Å². The molecule has 0 saturated carbocycles. The highest BCUT2D eigenvalue weighted by atomic mass is 16.5. The maximum Gasteiger partial charge on any atom is 0.276 e. The summed E-state index contributed by atoms with van der Waals surface area (Å²) in [6, 6.07) is 26.7. The predicted molar refractivity (Wildman–Crippen MR) is 125 cm³/mol. The van der Waals surface area contributed by atoms with Gasteiger partial charge in [-0.3, -0.25) is 25.1 Å². The zero-order chi connectivity index (χ0) is 23.0. The number of hydrogen-bond donors (Lipinski definition) is 2. The Labute approximate surface area is 192 Å². The van der Waals surface area contributed by atoms with E-state index < -0.39 is 11.8 Å². The fourth-order valence-electron chi connectivity index (χ4n) is 3.33. The number of aryl methyl sites for hydroxylation is 1. The third kappa shape index (κ3) is 5.86. The third-order valence-electron chi connectivity index (χ3n) is 4.92. The number of ether oxygens (including phenoxy) is 1.